The first kappa shape index (κ1) is 26.5. The number of aliphatic hydroxyl groups excluding tert-OH is 1. The zero-order valence-corrected chi connectivity index (χ0v) is 22.1. The lowest BCUT2D eigenvalue weighted by atomic mass is 10.0. The second kappa shape index (κ2) is 12.2. The minimum Gasteiger partial charge on any atom is -0.392 e. The topological polar surface area (TPSA) is 126 Å². The van der Waals surface area contributed by atoms with E-state index >= 15 is 0 Å². The number of nitrogens with zero attached hydrogens (tertiary/aromatic N) is 2. The van der Waals surface area contributed by atoms with E-state index in [4.69, 9.17) is 9.47 Å². The van der Waals surface area contributed by atoms with Crippen LogP contribution < -0.4 is 4.72 Å². The maximum Gasteiger partial charge on any atom is 0.240 e. The molecule has 1 saturated heterocycles. The maximum atomic E-state index is 12.5. The molecule has 0 bridgehead atoms. The number of hydrogen-bond donors (Lipinski definition) is 3. The Morgan fingerprint density at radius 3 is 2.34 bits per heavy atom. The van der Waals surface area contributed by atoms with Gasteiger partial charge in [-0.1, -0.05) is 78.5 Å². The Morgan fingerprint density at radius 1 is 0.947 bits per heavy atom. The first-order valence-corrected chi connectivity index (χ1v) is 14.6. The predicted octanol–water partition coefficient (Wildman–Crippen LogP) is 4.11. The van der Waals surface area contributed by atoms with Crippen LogP contribution in [0.4, 0.5) is 0 Å². The fourth-order valence-corrected chi connectivity index (χ4v) is 5.95. The van der Waals surface area contributed by atoms with E-state index in [9.17, 15) is 13.5 Å². The standard InChI is InChI=1S/C27H28N4O5S2/c32-16-20-8-10-21(11-9-20)25-14-23(17-37-27-28-18-29-31-27)35-26(36-25)22-12-6-19(7-13-22)15-30-38(33,34)24-4-2-1-3-5-24/h1-13,18,23,25-26,30,32H,14-17H2,(H,28,29,31)/t23-,25+,26?/m0/s1. The zero-order valence-electron chi connectivity index (χ0n) is 20.4. The molecule has 1 unspecified atom stereocenters. The SMILES string of the molecule is O=S(=O)(NCc1ccc(C2O[C@H](CSc3ncn[nH]3)C[C@H](c3ccc(CO)cc3)O2)cc1)c1ccccc1. The molecule has 3 atom stereocenters. The summed E-state index contributed by atoms with van der Waals surface area (Å²) in [6.45, 7) is 0.155. The van der Waals surface area contributed by atoms with Crippen LogP contribution in [0, 0.1) is 0 Å². The first-order chi connectivity index (χ1) is 18.5. The molecule has 1 aromatic heterocycles. The molecule has 0 amide bonds. The number of benzene rings is 3. The molecule has 1 aliphatic rings. The average Bonchev–Trinajstić information content (AvgIpc) is 3.50. The molecular weight excluding hydrogens is 524 g/mol. The van der Waals surface area contributed by atoms with Crippen LogP contribution in [-0.2, 0) is 32.6 Å². The molecule has 5 rings (SSSR count). The molecule has 0 saturated carbocycles. The quantitative estimate of drug-likeness (QED) is 0.251. The van der Waals surface area contributed by atoms with Crippen LogP contribution in [0.25, 0.3) is 0 Å². The molecule has 198 valence electrons. The number of aromatic nitrogens is 3. The number of aromatic amines is 1. The highest BCUT2D eigenvalue weighted by Gasteiger charge is 2.32. The largest absolute Gasteiger partial charge is 0.392 e. The van der Waals surface area contributed by atoms with E-state index in [2.05, 4.69) is 19.9 Å². The lowest BCUT2D eigenvalue weighted by Gasteiger charge is -2.36. The molecule has 0 aliphatic carbocycles. The average molecular weight is 553 g/mol. The normalized spacial score (nSPS) is 19.9. The van der Waals surface area contributed by atoms with E-state index in [-0.39, 0.29) is 30.3 Å². The van der Waals surface area contributed by atoms with Crippen molar-refractivity contribution < 1.29 is 23.0 Å². The van der Waals surface area contributed by atoms with Crippen molar-refractivity contribution in [3.63, 3.8) is 0 Å². The molecule has 3 N–H and O–H groups in total. The number of aliphatic hydroxyl groups is 1. The number of sulfonamides is 1. The molecule has 0 spiro atoms. The van der Waals surface area contributed by atoms with Gasteiger partial charge in [0.2, 0.25) is 10.0 Å². The minimum atomic E-state index is -3.59. The van der Waals surface area contributed by atoms with Gasteiger partial charge in [0.1, 0.15) is 6.33 Å². The third kappa shape index (κ3) is 6.68. The third-order valence-electron chi connectivity index (χ3n) is 6.19. The van der Waals surface area contributed by atoms with E-state index in [0.29, 0.717) is 12.2 Å². The Hall–Kier alpha value is -3.06. The number of hydrogen-bond acceptors (Lipinski definition) is 8. The fraction of sp³-hybridized carbons (Fsp3) is 0.259. The summed E-state index contributed by atoms with van der Waals surface area (Å²) in [5.74, 6) is 0.666. The number of ether oxygens (including phenoxy) is 2. The van der Waals surface area contributed by atoms with E-state index in [1.54, 1.807) is 30.3 Å². The molecule has 0 radical (unpaired) electrons. The van der Waals surface area contributed by atoms with Crippen molar-refractivity contribution in [1.82, 2.24) is 19.9 Å². The Morgan fingerprint density at radius 2 is 1.66 bits per heavy atom. The van der Waals surface area contributed by atoms with Gasteiger partial charge in [0, 0.05) is 24.3 Å². The lowest BCUT2D eigenvalue weighted by Crippen LogP contribution is -2.31. The van der Waals surface area contributed by atoms with Gasteiger partial charge in [-0.15, -0.1) is 0 Å². The molecule has 1 fully saturated rings. The monoisotopic (exact) mass is 552 g/mol. The Balaban J connectivity index is 1.28. The van der Waals surface area contributed by atoms with Crippen LogP contribution >= 0.6 is 11.8 Å². The Labute approximate surface area is 225 Å². The molecule has 11 heteroatoms. The van der Waals surface area contributed by atoms with Crippen LogP contribution in [0.5, 0.6) is 0 Å². The Kier molecular flexibility index (Phi) is 8.52. The van der Waals surface area contributed by atoms with Crippen molar-refractivity contribution >= 4 is 21.8 Å². The lowest BCUT2D eigenvalue weighted by molar-refractivity contribution is -0.245. The van der Waals surface area contributed by atoms with Crippen molar-refractivity contribution in [2.24, 2.45) is 0 Å². The highest BCUT2D eigenvalue weighted by atomic mass is 32.2. The predicted molar refractivity (Wildman–Crippen MR) is 142 cm³/mol. The molecule has 2 heterocycles. The molecule has 38 heavy (non-hydrogen) atoms. The van der Waals surface area contributed by atoms with Gasteiger partial charge in [-0.2, -0.15) is 5.10 Å². The summed E-state index contributed by atoms with van der Waals surface area (Å²) in [4.78, 5) is 4.40. The summed E-state index contributed by atoms with van der Waals surface area (Å²) in [5.41, 5.74) is 3.51. The van der Waals surface area contributed by atoms with Gasteiger partial charge in [0.05, 0.1) is 23.7 Å². The minimum absolute atomic E-state index is 0.0121. The smallest absolute Gasteiger partial charge is 0.240 e. The van der Waals surface area contributed by atoms with E-state index in [1.165, 1.54) is 18.1 Å². The van der Waals surface area contributed by atoms with E-state index in [1.807, 2.05) is 48.5 Å². The van der Waals surface area contributed by atoms with Crippen molar-refractivity contribution in [1.29, 1.82) is 0 Å². The maximum absolute atomic E-state index is 12.5. The summed E-state index contributed by atoms with van der Waals surface area (Å²) >= 11 is 1.54. The van der Waals surface area contributed by atoms with Crippen LogP contribution in [0.3, 0.4) is 0 Å². The highest BCUT2D eigenvalue weighted by Crippen LogP contribution is 2.39. The van der Waals surface area contributed by atoms with Gasteiger partial charge in [0.15, 0.2) is 11.4 Å². The summed E-state index contributed by atoms with van der Waals surface area (Å²) in [6, 6.07) is 23.6. The van der Waals surface area contributed by atoms with E-state index < -0.39 is 16.3 Å². The Bertz CT molecular complexity index is 1400. The molecule has 4 aromatic rings. The van der Waals surface area contributed by atoms with E-state index in [0.717, 1.165) is 27.4 Å². The number of rotatable bonds is 10. The zero-order chi connectivity index (χ0) is 26.4. The van der Waals surface area contributed by atoms with Crippen molar-refractivity contribution in [2.45, 2.75) is 48.1 Å². The summed E-state index contributed by atoms with van der Waals surface area (Å²) in [5, 5.41) is 16.9. The van der Waals surface area contributed by atoms with Crippen LogP contribution in [0.15, 0.2) is 95.2 Å². The van der Waals surface area contributed by atoms with Crippen molar-refractivity contribution in [3.8, 4) is 0 Å². The molecular formula is C27H28N4O5S2. The molecule has 3 aromatic carbocycles. The molecule has 1 aliphatic heterocycles. The van der Waals surface area contributed by atoms with Gasteiger partial charge in [-0.25, -0.2) is 18.1 Å². The van der Waals surface area contributed by atoms with Gasteiger partial charge < -0.3 is 14.6 Å². The van der Waals surface area contributed by atoms with Gasteiger partial charge in [-0.05, 0) is 28.8 Å². The van der Waals surface area contributed by atoms with Crippen LogP contribution in [-0.4, -0.2) is 40.6 Å². The van der Waals surface area contributed by atoms with Gasteiger partial charge >= 0.3 is 0 Å². The van der Waals surface area contributed by atoms with Crippen LogP contribution in [0.2, 0.25) is 0 Å². The van der Waals surface area contributed by atoms with Crippen molar-refractivity contribution in [3.05, 3.63) is 107 Å². The second-order valence-corrected chi connectivity index (χ2v) is 11.6. The molecule has 9 nitrogen and oxygen atoms in total. The summed E-state index contributed by atoms with van der Waals surface area (Å²) in [7, 11) is -3.59. The summed E-state index contributed by atoms with van der Waals surface area (Å²) < 4.78 is 40.4. The van der Waals surface area contributed by atoms with Gasteiger partial charge in [-0.3, -0.25) is 5.10 Å². The highest BCUT2D eigenvalue weighted by molar-refractivity contribution is 7.99. The number of H-pyrrole nitrogens is 1. The summed E-state index contributed by atoms with van der Waals surface area (Å²) in [6.07, 6.45) is 1.24. The number of nitrogens with one attached hydrogen (secondary N) is 2. The first-order valence-electron chi connectivity index (χ1n) is 12.1. The van der Waals surface area contributed by atoms with Crippen molar-refractivity contribution in [2.75, 3.05) is 5.75 Å². The van der Waals surface area contributed by atoms with Crippen LogP contribution in [0.1, 0.15) is 41.1 Å². The van der Waals surface area contributed by atoms with Gasteiger partial charge in [0.25, 0.3) is 0 Å². The fourth-order valence-electron chi connectivity index (χ4n) is 4.11. The third-order valence-corrected chi connectivity index (χ3v) is 8.61. The number of thioether (sulfide) groups is 1. The second-order valence-electron chi connectivity index (χ2n) is 8.83.